The molecule has 3 nitrogen and oxygen atoms in total. The van der Waals surface area contributed by atoms with Gasteiger partial charge in [0.2, 0.25) is 0 Å². The molecule has 1 aromatic carbocycles. The number of nitrogens with one attached hydrogen (secondary N) is 1. The maximum Gasteiger partial charge on any atom is 0.128 e. The summed E-state index contributed by atoms with van der Waals surface area (Å²) in [4.78, 5) is 0. The van der Waals surface area contributed by atoms with Gasteiger partial charge in [-0.15, -0.1) is 0 Å². The van der Waals surface area contributed by atoms with E-state index in [1.165, 1.54) is 11.1 Å². The Morgan fingerprint density at radius 2 is 2.24 bits per heavy atom. The lowest BCUT2D eigenvalue weighted by atomic mass is 9.97. The summed E-state index contributed by atoms with van der Waals surface area (Å²) in [5.41, 5.74) is 2.38. The van der Waals surface area contributed by atoms with Crippen LogP contribution in [0.4, 0.5) is 0 Å². The standard InChI is InChI=1S/C14H19NO2/c1-14(2)7-9-4-3-5-11(13(9)17-14)12-6-10(16)8-15-12/h3-5,10,12,15-16H,6-8H2,1-2H3. The Hall–Kier alpha value is -1.06. The van der Waals surface area contributed by atoms with E-state index in [1.54, 1.807) is 0 Å². The van der Waals surface area contributed by atoms with Crippen LogP contribution in [0.25, 0.3) is 0 Å². The summed E-state index contributed by atoms with van der Waals surface area (Å²) in [5, 5.41) is 13.0. The van der Waals surface area contributed by atoms with Gasteiger partial charge in [0.05, 0.1) is 6.10 Å². The average molecular weight is 233 g/mol. The Bertz CT molecular complexity index is 442. The van der Waals surface area contributed by atoms with Crippen molar-refractivity contribution in [2.75, 3.05) is 6.54 Å². The largest absolute Gasteiger partial charge is 0.487 e. The number of ether oxygens (including phenoxy) is 1. The van der Waals surface area contributed by atoms with Gasteiger partial charge in [-0.3, -0.25) is 0 Å². The first kappa shape index (κ1) is 11.1. The van der Waals surface area contributed by atoms with Crippen LogP contribution in [0.15, 0.2) is 18.2 Å². The highest BCUT2D eigenvalue weighted by Crippen LogP contribution is 2.41. The van der Waals surface area contributed by atoms with E-state index in [0.717, 1.165) is 18.6 Å². The second-order valence-electron chi connectivity index (χ2n) is 5.72. The van der Waals surface area contributed by atoms with Crippen molar-refractivity contribution < 1.29 is 9.84 Å². The predicted octanol–water partition coefficient (Wildman–Crippen LogP) is 1.80. The van der Waals surface area contributed by atoms with Gasteiger partial charge in [-0.25, -0.2) is 0 Å². The van der Waals surface area contributed by atoms with Crippen LogP contribution in [0, 0.1) is 0 Å². The molecule has 2 N–H and O–H groups in total. The molecule has 2 aliphatic rings. The van der Waals surface area contributed by atoms with Gasteiger partial charge in [0.15, 0.2) is 0 Å². The zero-order valence-corrected chi connectivity index (χ0v) is 10.4. The molecular formula is C14H19NO2. The lowest BCUT2D eigenvalue weighted by molar-refractivity contribution is 0.136. The van der Waals surface area contributed by atoms with E-state index in [2.05, 4.69) is 37.4 Å². The minimum Gasteiger partial charge on any atom is -0.487 e. The van der Waals surface area contributed by atoms with Crippen molar-refractivity contribution in [1.29, 1.82) is 0 Å². The molecular weight excluding hydrogens is 214 g/mol. The fourth-order valence-corrected chi connectivity index (χ4v) is 2.87. The molecule has 2 heterocycles. The molecule has 0 spiro atoms. The molecule has 2 atom stereocenters. The Morgan fingerprint density at radius 3 is 2.94 bits per heavy atom. The molecule has 2 unspecified atom stereocenters. The fourth-order valence-electron chi connectivity index (χ4n) is 2.87. The Balaban J connectivity index is 1.95. The maximum absolute atomic E-state index is 9.61. The predicted molar refractivity (Wildman–Crippen MR) is 66.2 cm³/mol. The van der Waals surface area contributed by atoms with E-state index in [0.29, 0.717) is 6.54 Å². The van der Waals surface area contributed by atoms with Crippen molar-refractivity contribution in [2.24, 2.45) is 0 Å². The third-order valence-electron chi connectivity index (χ3n) is 3.60. The summed E-state index contributed by atoms with van der Waals surface area (Å²) >= 11 is 0. The van der Waals surface area contributed by atoms with Crippen LogP contribution >= 0.6 is 0 Å². The lowest BCUT2D eigenvalue weighted by Crippen LogP contribution is -2.25. The van der Waals surface area contributed by atoms with Crippen LogP contribution in [0.2, 0.25) is 0 Å². The van der Waals surface area contributed by atoms with Crippen molar-refractivity contribution in [3.05, 3.63) is 29.3 Å². The van der Waals surface area contributed by atoms with E-state index in [9.17, 15) is 5.11 Å². The third kappa shape index (κ3) is 1.94. The van der Waals surface area contributed by atoms with E-state index in [-0.39, 0.29) is 17.7 Å². The molecule has 0 aliphatic carbocycles. The molecule has 1 fully saturated rings. The minimum atomic E-state index is -0.231. The van der Waals surface area contributed by atoms with Crippen LogP contribution < -0.4 is 10.1 Å². The normalized spacial score (nSPS) is 30.1. The van der Waals surface area contributed by atoms with Crippen LogP contribution in [-0.4, -0.2) is 23.4 Å². The summed E-state index contributed by atoms with van der Waals surface area (Å²) in [5.74, 6) is 1.03. The second kappa shape index (κ2) is 3.72. The van der Waals surface area contributed by atoms with Crippen LogP contribution in [0.1, 0.15) is 37.4 Å². The number of fused-ring (bicyclic) bond motifs is 1. The highest BCUT2D eigenvalue weighted by Gasteiger charge is 2.34. The number of hydrogen-bond acceptors (Lipinski definition) is 3. The lowest BCUT2D eigenvalue weighted by Gasteiger charge is -2.20. The number of aliphatic hydroxyl groups excluding tert-OH is 1. The monoisotopic (exact) mass is 233 g/mol. The van der Waals surface area contributed by atoms with Crippen LogP contribution in [-0.2, 0) is 6.42 Å². The molecule has 17 heavy (non-hydrogen) atoms. The third-order valence-corrected chi connectivity index (χ3v) is 3.60. The van der Waals surface area contributed by atoms with Crippen molar-refractivity contribution >= 4 is 0 Å². The van der Waals surface area contributed by atoms with Gasteiger partial charge >= 0.3 is 0 Å². The Morgan fingerprint density at radius 1 is 1.41 bits per heavy atom. The van der Waals surface area contributed by atoms with Crippen LogP contribution in [0.3, 0.4) is 0 Å². The van der Waals surface area contributed by atoms with E-state index in [1.807, 2.05) is 0 Å². The fraction of sp³-hybridized carbons (Fsp3) is 0.571. The Labute approximate surface area is 102 Å². The van der Waals surface area contributed by atoms with E-state index >= 15 is 0 Å². The first-order chi connectivity index (χ1) is 8.05. The smallest absolute Gasteiger partial charge is 0.128 e. The number of benzene rings is 1. The number of rotatable bonds is 1. The van der Waals surface area contributed by atoms with Crippen molar-refractivity contribution in [3.8, 4) is 5.75 Å². The van der Waals surface area contributed by atoms with Crippen molar-refractivity contribution in [3.63, 3.8) is 0 Å². The summed E-state index contributed by atoms with van der Waals surface area (Å²) < 4.78 is 6.05. The van der Waals surface area contributed by atoms with Gasteiger partial charge < -0.3 is 15.2 Å². The second-order valence-corrected chi connectivity index (χ2v) is 5.72. The molecule has 0 aromatic heterocycles. The van der Waals surface area contributed by atoms with Gasteiger partial charge in [0.1, 0.15) is 11.4 Å². The molecule has 1 saturated heterocycles. The van der Waals surface area contributed by atoms with E-state index < -0.39 is 0 Å². The summed E-state index contributed by atoms with van der Waals surface area (Å²) in [6.07, 6.45) is 1.51. The minimum absolute atomic E-state index is 0.102. The number of para-hydroxylation sites is 1. The highest BCUT2D eigenvalue weighted by molar-refractivity contribution is 5.47. The first-order valence-electron chi connectivity index (χ1n) is 6.27. The molecule has 3 heteroatoms. The SMILES string of the molecule is CC1(C)Cc2cccc(C3CC(O)CN3)c2O1. The summed E-state index contributed by atoms with van der Waals surface area (Å²) in [6, 6.07) is 6.56. The van der Waals surface area contributed by atoms with Gasteiger partial charge in [0.25, 0.3) is 0 Å². The number of hydrogen-bond donors (Lipinski definition) is 2. The molecule has 1 aromatic rings. The number of β-amino-alcohol motifs (C(OH)–C–C–N with tert-alkyl or cyclic N) is 1. The van der Waals surface area contributed by atoms with Crippen molar-refractivity contribution in [2.45, 2.75) is 44.4 Å². The Kier molecular flexibility index (Phi) is 2.42. The average Bonchev–Trinajstić information content (AvgIpc) is 2.78. The first-order valence-corrected chi connectivity index (χ1v) is 6.27. The van der Waals surface area contributed by atoms with Crippen molar-refractivity contribution in [1.82, 2.24) is 5.32 Å². The quantitative estimate of drug-likeness (QED) is 0.777. The number of aliphatic hydroxyl groups is 1. The molecule has 2 aliphatic heterocycles. The molecule has 0 amide bonds. The van der Waals surface area contributed by atoms with Gasteiger partial charge in [-0.1, -0.05) is 18.2 Å². The summed E-state index contributed by atoms with van der Waals surface area (Å²) in [6.45, 7) is 4.92. The molecule has 3 rings (SSSR count). The van der Waals surface area contributed by atoms with Gasteiger partial charge in [-0.2, -0.15) is 0 Å². The summed E-state index contributed by atoms with van der Waals surface area (Å²) in [7, 11) is 0. The zero-order chi connectivity index (χ0) is 12.0. The van der Waals surface area contributed by atoms with E-state index in [4.69, 9.17) is 4.74 Å². The molecule has 0 radical (unpaired) electrons. The van der Waals surface area contributed by atoms with Crippen LogP contribution in [0.5, 0.6) is 5.75 Å². The molecule has 0 saturated carbocycles. The maximum atomic E-state index is 9.61. The molecule has 92 valence electrons. The zero-order valence-electron chi connectivity index (χ0n) is 10.4. The van der Waals surface area contributed by atoms with Gasteiger partial charge in [0, 0.05) is 24.6 Å². The highest BCUT2D eigenvalue weighted by atomic mass is 16.5. The van der Waals surface area contributed by atoms with Gasteiger partial charge in [-0.05, 0) is 25.8 Å². The topological polar surface area (TPSA) is 41.5 Å². The molecule has 0 bridgehead atoms.